The molecule has 0 unspecified atom stereocenters. The average molecular weight is 438 g/mol. The maximum absolute atomic E-state index is 12.6. The minimum atomic E-state index is -3.96. The number of ether oxygens (including phenoxy) is 1. The summed E-state index contributed by atoms with van der Waals surface area (Å²) in [5.74, 6) is 0.695. The molecule has 3 aromatic rings. The average Bonchev–Trinajstić information content (AvgIpc) is 2.91. The first-order chi connectivity index (χ1) is 11.8. The standard InChI is InChI=1S/C15H11Cl3N2O3S2/c1-2-23-8-3-4-12-13(5-8)24-15(19-12)20-25(21,22)14-7-10(17)9(16)6-11(14)18/h3-7H,2H2,1H3,(H,19,20). The number of fused-ring (bicyclic) bond motifs is 1. The van der Waals surface area contributed by atoms with Crippen LogP contribution in [0.5, 0.6) is 5.75 Å². The quantitative estimate of drug-likeness (QED) is 0.538. The highest BCUT2D eigenvalue weighted by molar-refractivity contribution is 7.93. The molecule has 5 nitrogen and oxygen atoms in total. The van der Waals surface area contributed by atoms with Gasteiger partial charge in [0, 0.05) is 0 Å². The van der Waals surface area contributed by atoms with Gasteiger partial charge in [0.15, 0.2) is 5.13 Å². The second-order valence-corrected chi connectivity index (χ2v) is 8.79. The predicted octanol–water partition coefficient (Wildman–Crippen LogP) is 5.46. The fourth-order valence-electron chi connectivity index (χ4n) is 2.09. The summed E-state index contributed by atoms with van der Waals surface area (Å²) < 4.78 is 33.8. The molecule has 2 aromatic carbocycles. The van der Waals surface area contributed by atoms with Crippen molar-refractivity contribution in [2.45, 2.75) is 11.8 Å². The fraction of sp³-hybridized carbons (Fsp3) is 0.133. The molecule has 0 atom stereocenters. The molecule has 0 saturated carbocycles. The zero-order valence-corrected chi connectivity index (χ0v) is 16.6. The summed E-state index contributed by atoms with van der Waals surface area (Å²) in [4.78, 5) is 4.10. The third-order valence-electron chi connectivity index (χ3n) is 3.16. The first-order valence-corrected chi connectivity index (χ1v) is 10.4. The number of sulfonamides is 1. The number of benzene rings is 2. The van der Waals surface area contributed by atoms with E-state index in [4.69, 9.17) is 39.5 Å². The molecule has 25 heavy (non-hydrogen) atoms. The minimum absolute atomic E-state index is 0.0263. The van der Waals surface area contributed by atoms with E-state index >= 15 is 0 Å². The van der Waals surface area contributed by atoms with Crippen molar-refractivity contribution in [3.63, 3.8) is 0 Å². The van der Waals surface area contributed by atoms with Crippen LogP contribution in [0.15, 0.2) is 35.2 Å². The Bertz CT molecular complexity index is 1050. The van der Waals surface area contributed by atoms with Crippen molar-refractivity contribution in [2.75, 3.05) is 11.3 Å². The number of hydrogen-bond donors (Lipinski definition) is 1. The molecular weight excluding hydrogens is 427 g/mol. The molecule has 1 heterocycles. The molecule has 3 rings (SSSR count). The number of anilines is 1. The Morgan fingerprint density at radius 3 is 2.56 bits per heavy atom. The monoisotopic (exact) mass is 436 g/mol. The van der Waals surface area contributed by atoms with Crippen LogP contribution in [0.4, 0.5) is 5.13 Å². The molecular formula is C15H11Cl3N2O3S2. The lowest BCUT2D eigenvalue weighted by atomic mass is 10.3. The maximum atomic E-state index is 12.6. The van der Waals surface area contributed by atoms with E-state index in [-0.39, 0.29) is 25.1 Å². The summed E-state index contributed by atoms with van der Waals surface area (Å²) >= 11 is 18.9. The van der Waals surface area contributed by atoms with E-state index < -0.39 is 10.0 Å². The van der Waals surface area contributed by atoms with Crippen molar-refractivity contribution in [2.24, 2.45) is 0 Å². The Morgan fingerprint density at radius 1 is 1.12 bits per heavy atom. The molecule has 0 aliphatic heterocycles. The predicted molar refractivity (Wildman–Crippen MR) is 103 cm³/mol. The van der Waals surface area contributed by atoms with Gasteiger partial charge in [0.1, 0.15) is 10.6 Å². The number of aromatic nitrogens is 1. The van der Waals surface area contributed by atoms with Crippen LogP contribution >= 0.6 is 46.1 Å². The molecule has 0 saturated heterocycles. The maximum Gasteiger partial charge on any atom is 0.265 e. The summed E-state index contributed by atoms with van der Waals surface area (Å²) in [6.45, 7) is 2.43. The van der Waals surface area contributed by atoms with Gasteiger partial charge in [-0.15, -0.1) is 0 Å². The SMILES string of the molecule is CCOc1ccc2nc(NS(=O)(=O)c3cc(Cl)c(Cl)cc3Cl)sc2c1. The van der Waals surface area contributed by atoms with Crippen LogP contribution in [0.1, 0.15) is 6.92 Å². The number of halogens is 3. The summed E-state index contributed by atoms with van der Waals surface area (Å²) in [6, 6.07) is 7.84. The normalized spacial score (nSPS) is 11.7. The molecule has 0 radical (unpaired) electrons. The Kier molecular flexibility index (Phi) is 5.31. The lowest BCUT2D eigenvalue weighted by molar-refractivity contribution is 0.341. The molecule has 1 N–H and O–H groups in total. The summed E-state index contributed by atoms with van der Waals surface area (Å²) in [5.41, 5.74) is 0.659. The van der Waals surface area contributed by atoms with Gasteiger partial charge in [-0.2, -0.15) is 0 Å². The van der Waals surface area contributed by atoms with Gasteiger partial charge in [-0.1, -0.05) is 46.1 Å². The van der Waals surface area contributed by atoms with Crippen LogP contribution in [0.25, 0.3) is 10.2 Å². The van der Waals surface area contributed by atoms with Gasteiger partial charge < -0.3 is 4.74 Å². The van der Waals surface area contributed by atoms with Crippen molar-refractivity contribution in [3.8, 4) is 5.75 Å². The van der Waals surface area contributed by atoms with Crippen LogP contribution < -0.4 is 9.46 Å². The number of thiazole rings is 1. The van der Waals surface area contributed by atoms with Crippen molar-refractivity contribution < 1.29 is 13.2 Å². The van der Waals surface area contributed by atoms with Crippen LogP contribution in [0, 0.1) is 0 Å². The zero-order chi connectivity index (χ0) is 18.2. The Labute approximate surface area is 163 Å². The van der Waals surface area contributed by atoms with Gasteiger partial charge in [0.05, 0.1) is 31.9 Å². The van der Waals surface area contributed by atoms with E-state index in [2.05, 4.69) is 9.71 Å². The van der Waals surface area contributed by atoms with E-state index in [1.165, 1.54) is 23.5 Å². The summed E-state index contributed by atoms with van der Waals surface area (Å²) in [5, 5.41) is 0.457. The second-order valence-electron chi connectivity index (χ2n) is 4.88. The number of hydrogen-bond acceptors (Lipinski definition) is 5. The van der Waals surface area contributed by atoms with E-state index in [9.17, 15) is 8.42 Å². The van der Waals surface area contributed by atoms with Crippen LogP contribution in [-0.4, -0.2) is 20.0 Å². The van der Waals surface area contributed by atoms with E-state index in [1.807, 2.05) is 6.92 Å². The van der Waals surface area contributed by atoms with Crippen LogP contribution in [0.2, 0.25) is 15.1 Å². The number of nitrogens with one attached hydrogen (secondary N) is 1. The largest absolute Gasteiger partial charge is 0.494 e. The highest BCUT2D eigenvalue weighted by atomic mass is 35.5. The van der Waals surface area contributed by atoms with Gasteiger partial charge in [0.2, 0.25) is 0 Å². The molecule has 0 aliphatic rings. The van der Waals surface area contributed by atoms with Gasteiger partial charge in [-0.3, -0.25) is 4.72 Å². The van der Waals surface area contributed by atoms with Gasteiger partial charge in [-0.05, 0) is 37.3 Å². The topological polar surface area (TPSA) is 68.3 Å². The lowest BCUT2D eigenvalue weighted by Gasteiger charge is -2.08. The smallest absolute Gasteiger partial charge is 0.265 e. The highest BCUT2D eigenvalue weighted by Crippen LogP contribution is 2.34. The van der Waals surface area contributed by atoms with E-state index in [0.717, 1.165) is 4.70 Å². The highest BCUT2D eigenvalue weighted by Gasteiger charge is 2.21. The molecule has 0 spiro atoms. The second kappa shape index (κ2) is 7.17. The fourth-order valence-corrected chi connectivity index (χ4v) is 5.22. The van der Waals surface area contributed by atoms with E-state index in [1.54, 1.807) is 18.2 Å². The van der Waals surface area contributed by atoms with Gasteiger partial charge in [-0.25, -0.2) is 13.4 Å². The van der Waals surface area contributed by atoms with E-state index in [0.29, 0.717) is 17.9 Å². The molecule has 10 heteroatoms. The van der Waals surface area contributed by atoms with Crippen molar-refractivity contribution >= 4 is 71.5 Å². The molecule has 0 bridgehead atoms. The van der Waals surface area contributed by atoms with Gasteiger partial charge in [0.25, 0.3) is 10.0 Å². The molecule has 0 amide bonds. The van der Waals surface area contributed by atoms with Crippen molar-refractivity contribution in [1.29, 1.82) is 0 Å². The molecule has 1 aromatic heterocycles. The third-order valence-corrected chi connectivity index (χ3v) is 6.75. The molecule has 132 valence electrons. The Morgan fingerprint density at radius 2 is 1.84 bits per heavy atom. The zero-order valence-electron chi connectivity index (χ0n) is 12.7. The Balaban J connectivity index is 1.95. The van der Waals surface area contributed by atoms with Crippen LogP contribution in [-0.2, 0) is 10.0 Å². The number of rotatable bonds is 5. The first-order valence-electron chi connectivity index (χ1n) is 7.01. The van der Waals surface area contributed by atoms with Crippen molar-refractivity contribution in [3.05, 3.63) is 45.4 Å². The Hall–Kier alpha value is -1.25. The van der Waals surface area contributed by atoms with Gasteiger partial charge >= 0.3 is 0 Å². The molecule has 0 fully saturated rings. The van der Waals surface area contributed by atoms with Crippen LogP contribution in [0.3, 0.4) is 0 Å². The lowest BCUT2D eigenvalue weighted by Crippen LogP contribution is -2.13. The summed E-state index contributed by atoms with van der Waals surface area (Å²) in [6.07, 6.45) is 0. The number of nitrogens with zero attached hydrogens (tertiary/aromatic N) is 1. The summed E-state index contributed by atoms with van der Waals surface area (Å²) in [7, 11) is -3.96. The first kappa shape index (κ1) is 18.5. The molecule has 0 aliphatic carbocycles. The van der Waals surface area contributed by atoms with Crippen molar-refractivity contribution in [1.82, 2.24) is 4.98 Å². The third kappa shape index (κ3) is 3.96. The minimum Gasteiger partial charge on any atom is -0.494 e.